The van der Waals surface area contributed by atoms with Crippen LogP contribution in [0, 0.1) is 0 Å². The molecule has 0 unspecified atom stereocenters. The van der Waals surface area contributed by atoms with Gasteiger partial charge in [-0.05, 0) is 17.5 Å². The van der Waals surface area contributed by atoms with Crippen molar-refractivity contribution in [2.24, 2.45) is 0 Å². The number of benzene rings is 1. The predicted molar refractivity (Wildman–Crippen MR) is 46.8 cm³/mol. The Morgan fingerprint density at radius 3 is 2.80 bits per heavy atom. The van der Waals surface area contributed by atoms with Gasteiger partial charge in [-0.2, -0.15) is 0 Å². The average molecular weight is 169 g/mol. The Hall–Kier alpha value is -0.530. The van der Waals surface area contributed by atoms with Gasteiger partial charge in [0.15, 0.2) is 0 Å². The van der Waals surface area contributed by atoms with Crippen LogP contribution in [0.3, 0.4) is 0 Å². The van der Waals surface area contributed by atoms with Gasteiger partial charge >= 0.3 is 0 Å². The third-order valence-corrected chi connectivity index (χ3v) is 2.64. The largest absolute Gasteiger partial charge is 0.123 e. The number of hydrogen-bond acceptors (Lipinski definition) is 1. The smallest absolute Gasteiger partial charge is 0.0940 e. The minimum absolute atomic E-state index is 0.862. The maximum absolute atomic E-state index is 5.80. The van der Waals surface area contributed by atoms with Crippen LogP contribution in [-0.4, -0.2) is 0 Å². The zero-order valence-corrected chi connectivity index (χ0v) is 6.75. The third kappa shape index (κ3) is 0.917. The Kier molecular flexibility index (Phi) is 1.40. The molecule has 0 fully saturated rings. The van der Waals surface area contributed by atoms with E-state index in [-0.39, 0.29) is 0 Å². The van der Waals surface area contributed by atoms with Gasteiger partial charge in [0.25, 0.3) is 0 Å². The highest BCUT2D eigenvalue weighted by molar-refractivity contribution is 7.22. The van der Waals surface area contributed by atoms with Gasteiger partial charge in [0.05, 0.1) is 4.34 Å². The van der Waals surface area contributed by atoms with Crippen molar-refractivity contribution in [1.82, 2.24) is 0 Å². The van der Waals surface area contributed by atoms with Crippen LogP contribution < -0.4 is 0 Å². The van der Waals surface area contributed by atoms with E-state index in [0.29, 0.717) is 0 Å². The lowest BCUT2D eigenvalue weighted by Crippen LogP contribution is -1.56. The van der Waals surface area contributed by atoms with E-state index in [4.69, 9.17) is 11.6 Å². The summed E-state index contributed by atoms with van der Waals surface area (Å²) in [4.78, 5) is 0. The van der Waals surface area contributed by atoms with Gasteiger partial charge < -0.3 is 0 Å². The summed E-state index contributed by atoms with van der Waals surface area (Å²) in [6.07, 6.45) is 0. The molecule has 0 radical (unpaired) electrons. The zero-order chi connectivity index (χ0) is 6.97. The summed E-state index contributed by atoms with van der Waals surface area (Å²) in [6.45, 7) is 0. The van der Waals surface area contributed by atoms with Crippen molar-refractivity contribution < 1.29 is 0 Å². The number of fused-ring (bicyclic) bond motifs is 1. The average Bonchev–Trinajstić information content (AvgIpc) is 2.27. The summed E-state index contributed by atoms with van der Waals surface area (Å²) in [7, 11) is 0. The highest BCUT2D eigenvalue weighted by Gasteiger charge is 1.95. The molecule has 50 valence electrons. The van der Waals surface area contributed by atoms with E-state index < -0.39 is 0 Å². The van der Waals surface area contributed by atoms with E-state index >= 15 is 0 Å². The number of thiophene rings is 1. The van der Waals surface area contributed by atoms with Gasteiger partial charge in [0.2, 0.25) is 0 Å². The molecular weight excluding hydrogens is 164 g/mol. The topological polar surface area (TPSA) is 0 Å². The molecule has 0 nitrogen and oxygen atoms in total. The third-order valence-electron chi connectivity index (χ3n) is 1.40. The first-order valence-electron chi connectivity index (χ1n) is 3.00. The molecule has 0 aliphatic carbocycles. The van der Waals surface area contributed by atoms with Crippen molar-refractivity contribution in [1.29, 1.82) is 0 Å². The fourth-order valence-corrected chi connectivity index (χ4v) is 2.10. The molecule has 10 heavy (non-hydrogen) atoms. The minimum atomic E-state index is 0.862. The maximum atomic E-state index is 5.80. The molecule has 1 aromatic heterocycles. The van der Waals surface area contributed by atoms with Crippen LogP contribution in [0.25, 0.3) is 10.1 Å². The second kappa shape index (κ2) is 2.26. The van der Waals surface area contributed by atoms with Crippen LogP contribution in [0.1, 0.15) is 0 Å². The quantitative estimate of drug-likeness (QED) is 0.565. The Bertz CT molecular complexity index is 318. The van der Waals surface area contributed by atoms with Gasteiger partial charge in [-0.3, -0.25) is 0 Å². The van der Waals surface area contributed by atoms with E-state index in [1.54, 1.807) is 11.3 Å². The van der Waals surface area contributed by atoms with Gasteiger partial charge in [-0.1, -0.05) is 29.8 Å². The van der Waals surface area contributed by atoms with E-state index in [9.17, 15) is 0 Å². The van der Waals surface area contributed by atoms with Crippen LogP contribution in [0.15, 0.2) is 30.3 Å². The van der Waals surface area contributed by atoms with Crippen molar-refractivity contribution in [3.8, 4) is 0 Å². The van der Waals surface area contributed by atoms with Crippen molar-refractivity contribution in [2.75, 3.05) is 0 Å². The summed E-state index contributed by atoms with van der Waals surface area (Å²) >= 11 is 7.42. The van der Waals surface area contributed by atoms with Crippen molar-refractivity contribution in [3.63, 3.8) is 0 Å². The Labute approximate surface area is 68.1 Å². The Balaban J connectivity index is 2.88. The minimum Gasteiger partial charge on any atom is -0.123 e. The number of hydrogen-bond donors (Lipinski definition) is 0. The van der Waals surface area contributed by atoms with Crippen molar-refractivity contribution in [2.45, 2.75) is 0 Å². The summed E-state index contributed by atoms with van der Waals surface area (Å²) in [5, 5.41) is 1.23. The molecule has 2 heteroatoms. The molecule has 2 aromatic rings. The first-order valence-corrected chi connectivity index (χ1v) is 4.20. The number of halogens is 1. The SMILES string of the molecule is Clc1cc2ccccc2s1. The molecule has 2 rings (SSSR count). The van der Waals surface area contributed by atoms with Crippen LogP contribution in [0.2, 0.25) is 4.34 Å². The Morgan fingerprint density at radius 1 is 1.20 bits per heavy atom. The summed E-state index contributed by atoms with van der Waals surface area (Å²) in [5.74, 6) is 0. The molecule has 0 spiro atoms. The first kappa shape index (κ1) is 6.20. The summed E-state index contributed by atoms with van der Waals surface area (Å²) in [5.41, 5.74) is 0. The van der Waals surface area contributed by atoms with E-state index in [1.165, 1.54) is 10.1 Å². The van der Waals surface area contributed by atoms with Crippen LogP contribution >= 0.6 is 22.9 Å². The monoisotopic (exact) mass is 168 g/mol. The molecular formula is C8H5ClS. The number of rotatable bonds is 0. The zero-order valence-electron chi connectivity index (χ0n) is 5.17. The van der Waals surface area contributed by atoms with Crippen LogP contribution in [-0.2, 0) is 0 Å². The molecule has 1 heterocycles. The first-order chi connectivity index (χ1) is 4.86. The van der Waals surface area contributed by atoms with E-state index in [2.05, 4.69) is 12.1 Å². The lowest BCUT2D eigenvalue weighted by Gasteiger charge is -1.81. The highest BCUT2D eigenvalue weighted by Crippen LogP contribution is 2.28. The molecule has 0 aliphatic heterocycles. The standard InChI is InChI=1S/C8H5ClS/c9-8-5-6-3-1-2-4-7(6)10-8/h1-5H. The van der Waals surface area contributed by atoms with E-state index in [0.717, 1.165) is 4.34 Å². The predicted octanol–water partition coefficient (Wildman–Crippen LogP) is 3.55. The van der Waals surface area contributed by atoms with Crippen LogP contribution in [0.4, 0.5) is 0 Å². The second-order valence-electron chi connectivity index (χ2n) is 2.09. The summed E-state index contributed by atoms with van der Waals surface area (Å²) in [6, 6.07) is 10.2. The normalized spacial score (nSPS) is 10.5. The van der Waals surface area contributed by atoms with Gasteiger partial charge in [0.1, 0.15) is 0 Å². The lowest BCUT2D eigenvalue weighted by molar-refractivity contribution is 1.86. The summed E-state index contributed by atoms with van der Waals surface area (Å²) < 4.78 is 2.12. The molecule has 0 bridgehead atoms. The Morgan fingerprint density at radius 2 is 2.00 bits per heavy atom. The maximum Gasteiger partial charge on any atom is 0.0940 e. The molecule has 0 atom stereocenters. The molecule has 0 saturated heterocycles. The second-order valence-corrected chi connectivity index (χ2v) is 3.80. The van der Waals surface area contributed by atoms with E-state index in [1.807, 2.05) is 18.2 Å². The molecule has 0 aliphatic rings. The van der Waals surface area contributed by atoms with Gasteiger partial charge in [0, 0.05) is 4.70 Å². The van der Waals surface area contributed by atoms with Crippen molar-refractivity contribution in [3.05, 3.63) is 34.7 Å². The molecule has 1 aromatic carbocycles. The van der Waals surface area contributed by atoms with Crippen LogP contribution in [0.5, 0.6) is 0 Å². The molecule has 0 N–H and O–H groups in total. The molecule has 0 saturated carbocycles. The fourth-order valence-electron chi connectivity index (χ4n) is 0.949. The highest BCUT2D eigenvalue weighted by atomic mass is 35.5. The molecule has 0 amide bonds. The van der Waals surface area contributed by atoms with Gasteiger partial charge in [-0.25, -0.2) is 0 Å². The van der Waals surface area contributed by atoms with Gasteiger partial charge in [-0.15, -0.1) is 11.3 Å². The lowest BCUT2D eigenvalue weighted by atomic mass is 10.3. The van der Waals surface area contributed by atoms with Crippen molar-refractivity contribution >= 4 is 33.0 Å². The fraction of sp³-hybridized carbons (Fsp3) is 0.